The first-order valence-electron chi connectivity index (χ1n) is 16.4. The van der Waals surface area contributed by atoms with E-state index in [-0.39, 0.29) is 36.2 Å². The normalized spacial score (nSPS) is 14.7. The molecule has 1 N–H and O–H groups in total. The second-order valence-electron chi connectivity index (χ2n) is 12.2. The number of carbonyl (C=O) groups is 3. The molecular formula is C37H34Cl2N8O5. The molecule has 6 rings (SSSR count). The summed E-state index contributed by atoms with van der Waals surface area (Å²) in [5.74, 6) is -0.713. The van der Waals surface area contributed by atoms with Crippen LogP contribution in [0.25, 0.3) is 22.9 Å². The molecule has 0 bridgehead atoms. The molecular weight excluding hydrogens is 707 g/mol. The van der Waals surface area contributed by atoms with Gasteiger partial charge in [-0.05, 0) is 76.2 Å². The summed E-state index contributed by atoms with van der Waals surface area (Å²) in [7, 11) is 1.34. The topological polar surface area (TPSA) is 154 Å². The van der Waals surface area contributed by atoms with E-state index in [0.29, 0.717) is 53.5 Å². The Balaban J connectivity index is 1.22. The minimum absolute atomic E-state index is 0.0245. The van der Waals surface area contributed by atoms with Crippen molar-refractivity contribution in [2.45, 2.75) is 31.9 Å². The van der Waals surface area contributed by atoms with Crippen molar-refractivity contribution in [1.82, 2.24) is 40.6 Å². The Morgan fingerprint density at radius 2 is 1.81 bits per heavy atom. The first kappa shape index (κ1) is 36.1. The molecule has 5 aromatic rings. The highest BCUT2D eigenvalue weighted by Crippen LogP contribution is 2.32. The van der Waals surface area contributed by atoms with Crippen LogP contribution in [0.3, 0.4) is 0 Å². The lowest BCUT2D eigenvalue weighted by Crippen LogP contribution is -2.32. The molecule has 0 saturated carbocycles. The summed E-state index contributed by atoms with van der Waals surface area (Å²) < 4.78 is 11.8. The van der Waals surface area contributed by atoms with E-state index < -0.39 is 11.9 Å². The van der Waals surface area contributed by atoms with E-state index in [0.717, 1.165) is 16.7 Å². The Bertz CT molecular complexity index is 2050. The maximum Gasteiger partial charge on any atom is 0.410 e. The van der Waals surface area contributed by atoms with Crippen LogP contribution in [-0.2, 0) is 32.1 Å². The van der Waals surface area contributed by atoms with Crippen molar-refractivity contribution in [1.29, 1.82) is 0 Å². The predicted molar refractivity (Wildman–Crippen MR) is 193 cm³/mol. The second-order valence-corrected chi connectivity index (χ2v) is 12.9. The molecule has 1 unspecified atom stereocenters. The highest BCUT2D eigenvalue weighted by Gasteiger charge is 2.31. The maximum atomic E-state index is 13.5. The number of esters is 1. The summed E-state index contributed by atoms with van der Waals surface area (Å²) in [5, 5.41) is 23.7. The second kappa shape index (κ2) is 17.0. The number of hydrogen-bond donors (Lipinski definition) is 1. The van der Waals surface area contributed by atoms with Crippen LogP contribution in [0.1, 0.15) is 41.3 Å². The maximum absolute atomic E-state index is 13.5. The van der Waals surface area contributed by atoms with E-state index in [1.807, 2.05) is 54.6 Å². The zero-order valence-corrected chi connectivity index (χ0v) is 29.6. The molecule has 0 spiro atoms. The molecule has 15 heteroatoms. The van der Waals surface area contributed by atoms with E-state index in [1.54, 1.807) is 35.2 Å². The number of amides is 2. The summed E-state index contributed by atoms with van der Waals surface area (Å²) in [6.07, 6.45) is 5.39. The molecule has 1 aliphatic rings. The number of carbonyl (C=O) groups excluding carboxylic acids is 3. The standard InChI is InChI=1S/C37H34Cl2N8O5/c1-51-35(49)18-24-7-9-27(10-8-24)30-20-32(42-43-36(30)39)31(17-26-15-16-46(21-26)37(50)52-22-25-5-3-2-4-6-25)41-34(48)14-11-28-19-29(38)12-13-33(28)47-23-40-44-45-47/h2-14,19-20,23,26,31H,15-18,21-22H2,1H3,(H,41,48)/b14-11+/t26?,31-/m0/s1. The van der Waals surface area contributed by atoms with Gasteiger partial charge in [-0.1, -0.05) is 77.8 Å². The number of methoxy groups -OCH3 is 1. The van der Waals surface area contributed by atoms with Crippen LogP contribution in [0.5, 0.6) is 0 Å². The average Bonchev–Trinajstić information content (AvgIpc) is 3.87. The van der Waals surface area contributed by atoms with Gasteiger partial charge in [0.25, 0.3) is 0 Å². The zero-order valence-electron chi connectivity index (χ0n) is 28.1. The zero-order chi connectivity index (χ0) is 36.5. The first-order valence-corrected chi connectivity index (χ1v) is 17.2. The molecule has 3 heterocycles. The van der Waals surface area contributed by atoms with Crippen molar-refractivity contribution >= 4 is 47.2 Å². The molecule has 1 fully saturated rings. The molecule has 0 radical (unpaired) electrons. The molecule has 52 heavy (non-hydrogen) atoms. The molecule has 3 aromatic carbocycles. The van der Waals surface area contributed by atoms with Crippen molar-refractivity contribution in [3.63, 3.8) is 0 Å². The van der Waals surface area contributed by atoms with E-state index in [4.69, 9.17) is 32.7 Å². The van der Waals surface area contributed by atoms with Crippen LogP contribution in [0, 0.1) is 5.92 Å². The minimum Gasteiger partial charge on any atom is -0.469 e. The fraction of sp³-hybridized carbons (Fsp3) is 0.243. The molecule has 13 nitrogen and oxygen atoms in total. The number of tetrazole rings is 1. The van der Waals surface area contributed by atoms with E-state index in [2.05, 4.69) is 31.0 Å². The quantitative estimate of drug-likeness (QED) is 0.118. The largest absolute Gasteiger partial charge is 0.469 e. The van der Waals surface area contributed by atoms with Crippen LogP contribution in [-0.4, -0.2) is 73.5 Å². The van der Waals surface area contributed by atoms with E-state index in [1.165, 1.54) is 24.2 Å². The minimum atomic E-state index is -0.595. The SMILES string of the molecule is COC(=O)Cc1ccc(-c2cc([C@H](CC3CCN(C(=O)OCc4ccccc4)C3)NC(=O)/C=C/c3cc(Cl)ccc3-n3cnnn3)nnc2Cl)cc1. The molecule has 1 saturated heterocycles. The van der Waals surface area contributed by atoms with Gasteiger partial charge in [-0.3, -0.25) is 9.59 Å². The van der Waals surface area contributed by atoms with Gasteiger partial charge in [-0.25, -0.2) is 4.79 Å². The molecule has 2 atom stereocenters. The van der Waals surface area contributed by atoms with E-state index >= 15 is 0 Å². The summed E-state index contributed by atoms with van der Waals surface area (Å²) in [6.45, 7) is 1.15. The molecule has 2 amide bonds. The summed E-state index contributed by atoms with van der Waals surface area (Å²) >= 11 is 12.8. The van der Waals surface area contributed by atoms with Gasteiger partial charge in [0.15, 0.2) is 5.15 Å². The number of aromatic nitrogens is 6. The smallest absolute Gasteiger partial charge is 0.410 e. The van der Waals surface area contributed by atoms with Gasteiger partial charge in [-0.2, -0.15) is 9.78 Å². The number of ether oxygens (including phenoxy) is 2. The lowest BCUT2D eigenvalue weighted by Gasteiger charge is -2.22. The average molecular weight is 742 g/mol. The van der Waals surface area contributed by atoms with Crippen LogP contribution in [0.4, 0.5) is 4.79 Å². The van der Waals surface area contributed by atoms with Crippen molar-refractivity contribution in [2.75, 3.05) is 20.2 Å². The number of rotatable bonds is 12. The van der Waals surface area contributed by atoms with Crippen LogP contribution >= 0.6 is 23.2 Å². The molecule has 266 valence electrons. The monoisotopic (exact) mass is 740 g/mol. The highest BCUT2D eigenvalue weighted by molar-refractivity contribution is 6.32. The van der Waals surface area contributed by atoms with Crippen molar-refractivity contribution in [3.05, 3.63) is 124 Å². The molecule has 2 aromatic heterocycles. The predicted octanol–water partition coefficient (Wildman–Crippen LogP) is 6.06. The van der Waals surface area contributed by atoms with Crippen molar-refractivity contribution < 1.29 is 23.9 Å². The van der Waals surface area contributed by atoms with Crippen molar-refractivity contribution in [2.24, 2.45) is 5.92 Å². The fourth-order valence-electron chi connectivity index (χ4n) is 5.92. The number of halogens is 2. The Kier molecular flexibility index (Phi) is 11.8. The Labute approximate surface area is 309 Å². The first-order chi connectivity index (χ1) is 25.2. The van der Waals surface area contributed by atoms with Crippen molar-refractivity contribution in [3.8, 4) is 16.8 Å². The fourth-order valence-corrected chi connectivity index (χ4v) is 6.30. The third kappa shape index (κ3) is 9.36. The van der Waals surface area contributed by atoms with Gasteiger partial charge < -0.3 is 19.7 Å². The lowest BCUT2D eigenvalue weighted by molar-refractivity contribution is -0.139. The highest BCUT2D eigenvalue weighted by atomic mass is 35.5. The summed E-state index contributed by atoms with van der Waals surface area (Å²) in [4.78, 5) is 39.9. The van der Waals surface area contributed by atoms with Gasteiger partial charge in [0, 0.05) is 35.3 Å². The van der Waals surface area contributed by atoms with Gasteiger partial charge in [-0.15, -0.1) is 10.2 Å². The number of nitrogens with one attached hydrogen (secondary N) is 1. The number of benzene rings is 3. The van der Waals surface area contributed by atoms with Crippen LogP contribution in [0.15, 0.2) is 91.3 Å². The Hall–Kier alpha value is -5.66. The number of likely N-dealkylation sites (tertiary alicyclic amines) is 1. The van der Waals surface area contributed by atoms with Crippen LogP contribution < -0.4 is 5.32 Å². The Morgan fingerprint density at radius 3 is 2.56 bits per heavy atom. The number of nitrogens with zero attached hydrogens (tertiary/aromatic N) is 7. The van der Waals surface area contributed by atoms with E-state index in [9.17, 15) is 14.4 Å². The third-order valence-electron chi connectivity index (χ3n) is 8.60. The summed E-state index contributed by atoms with van der Waals surface area (Å²) in [5.41, 5.74) is 4.78. The van der Waals surface area contributed by atoms with Gasteiger partial charge in [0.2, 0.25) is 5.91 Å². The van der Waals surface area contributed by atoms with Gasteiger partial charge in [0.05, 0.1) is 31.0 Å². The lowest BCUT2D eigenvalue weighted by atomic mass is 9.95. The molecule has 1 aliphatic heterocycles. The van der Waals surface area contributed by atoms with Gasteiger partial charge in [0.1, 0.15) is 12.9 Å². The molecule has 0 aliphatic carbocycles. The van der Waals surface area contributed by atoms with Crippen LogP contribution in [0.2, 0.25) is 10.2 Å². The van der Waals surface area contributed by atoms with Gasteiger partial charge >= 0.3 is 12.1 Å². The third-order valence-corrected chi connectivity index (χ3v) is 9.11. The Morgan fingerprint density at radius 1 is 1.00 bits per heavy atom. The number of hydrogen-bond acceptors (Lipinski definition) is 10. The summed E-state index contributed by atoms with van der Waals surface area (Å²) in [6, 6.07) is 23.2.